The van der Waals surface area contributed by atoms with Crippen LogP contribution in [0.3, 0.4) is 0 Å². The van der Waals surface area contributed by atoms with Crippen LogP contribution in [0, 0.1) is 0 Å². The summed E-state index contributed by atoms with van der Waals surface area (Å²) in [5.74, 6) is 0.370. The summed E-state index contributed by atoms with van der Waals surface area (Å²) < 4.78 is 28.7. The summed E-state index contributed by atoms with van der Waals surface area (Å²) in [7, 11) is -4.07. The number of halogens is 2. The van der Waals surface area contributed by atoms with Crippen LogP contribution in [-0.2, 0) is 10.0 Å². The van der Waals surface area contributed by atoms with Crippen LogP contribution in [0.5, 0.6) is 0 Å². The van der Waals surface area contributed by atoms with Crippen LogP contribution in [0.1, 0.15) is 18.5 Å². The SMILES string of the molecule is CC(Nc1nc2ccccc2nc1NS(=O)(=O)c1cc(Cl)ccc1Cl)c1ccccc1. The summed E-state index contributed by atoms with van der Waals surface area (Å²) in [6, 6.07) is 21.1. The molecule has 9 heteroatoms. The molecule has 1 heterocycles. The Labute approximate surface area is 190 Å². The standard InChI is InChI=1S/C22H18Cl2N4O2S/c1-14(15-7-3-2-4-8-15)25-21-22(27-19-10-6-5-9-18(19)26-21)28-31(29,30)20-13-16(23)11-12-17(20)24/h2-14H,1H3,(H,25,26)(H,27,28). The number of benzene rings is 3. The number of sulfonamides is 1. The zero-order chi connectivity index (χ0) is 22.0. The van der Waals surface area contributed by atoms with Crippen molar-refractivity contribution in [1.82, 2.24) is 9.97 Å². The van der Waals surface area contributed by atoms with Gasteiger partial charge >= 0.3 is 0 Å². The van der Waals surface area contributed by atoms with Gasteiger partial charge in [-0.25, -0.2) is 18.4 Å². The highest BCUT2D eigenvalue weighted by atomic mass is 35.5. The lowest BCUT2D eigenvalue weighted by Gasteiger charge is -2.18. The predicted molar refractivity (Wildman–Crippen MR) is 125 cm³/mol. The summed E-state index contributed by atoms with van der Waals surface area (Å²) in [5.41, 5.74) is 2.20. The lowest BCUT2D eigenvalue weighted by molar-refractivity contribution is 0.601. The monoisotopic (exact) mass is 472 g/mol. The van der Waals surface area contributed by atoms with Gasteiger partial charge in [-0.15, -0.1) is 0 Å². The van der Waals surface area contributed by atoms with E-state index in [1.54, 1.807) is 6.07 Å². The van der Waals surface area contributed by atoms with E-state index < -0.39 is 10.0 Å². The minimum atomic E-state index is -4.07. The first-order valence-electron chi connectivity index (χ1n) is 9.39. The molecular weight excluding hydrogens is 455 g/mol. The smallest absolute Gasteiger partial charge is 0.264 e. The van der Waals surface area contributed by atoms with Crippen molar-refractivity contribution in [1.29, 1.82) is 0 Å². The highest BCUT2D eigenvalue weighted by molar-refractivity contribution is 7.92. The zero-order valence-electron chi connectivity index (χ0n) is 16.4. The van der Waals surface area contributed by atoms with Crippen molar-refractivity contribution in [2.24, 2.45) is 0 Å². The van der Waals surface area contributed by atoms with E-state index in [0.717, 1.165) is 5.56 Å². The van der Waals surface area contributed by atoms with Gasteiger partial charge in [0.15, 0.2) is 11.6 Å². The highest BCUT2D eigenvalue weighted by Crippen LogP contribution is 2.30. The van der Waals surface area contributed by atoms with Crippen molar-refractivity contribution >= 4 is 55.9 Å². The molecule has 0 fully saturated rings. The maximum Gasteiger partial charge on any atom is 0.264 e. The van der Waals surface area contributed by atoms with Gasteiger partial charge in [-0.05, 0) is 42.8 Å². The molecule has 0 saturated carbocycles. The molecule has 0 radical (unpaired) electrons. The van der Waals surface area contributed by atoms with Gasteiger partial charge in [0.1, 0.15) is 4.90 Å². The zero-order valence-corrected chi connectivity index (χ0v) is 18.7. The Morgan fingerprint density at radius 1 is 0.839 bits per heavy atom. The van der Waals surface area contributed by atoms with E-state index in [9.17, 15) is 8.42 Å². The quantitative estimate of drug-likeness (QED) is 0.364. The first kappa shape index (κ1) is 21.4. The molecule has 3 aromatic carbocycles. The first-order chi connectivity index (χ1) is 14.8. The fraction of sp³-hybridized carbons (Fsp3) is 0.0909. The number of nitrogens with zero attached hydrogens (tertiary/aromatic N) is 2. The third kappa shape index (κ3) is 4.74. The largest absolute Gasteiger partial charge is 0.360 e. The van der Waals surface area contributed by atoms with E-state index in [0.29, 0.717) is 16.9 Å². The summed E-state index contributed by atoms with van der Waals surface area (Å²) in [6.07, 6.45) is 0. The average Bonchev–Trinajstić information content (AvgIpc) is 2.76. The number of rotatable bonds is 6. The van der Waals surface area contributed by atoms with Crippen LogP contribution < -0.4 is 10.0 Å². The molecule has 0 bridgehead atoms. The predicted octanol–water partition coefficient (Wildman–Crippen LogP) is 5.91. The van der Waals surface area contributed by atoms with Gasteiger partial charge < -0.3 is 5.32 Å². The molecule has 4 aromatic rings. The Bertz CT molecular complexity index is 1350. The van der Waals surface area contributed by atoms with Gasteiger partial charge in [-0.1, -0.05) is 65.7 Å². The molecule has 4 rings (SSSR count). The Hall–Kier alpha value is -2.87. The molecule has 0 aliphatic carbocycles. The number of aromatic nitrogens is 2. The summed E-state index contributed by atoms with van der Waals surface area (Å²) >= 11 is 12.1. The molecule has 6 nitrogen and oxygen atoms in total. The Morgan fingerprint density at radius 3 is 2.13 bits per heavy atom. The maximum atomic E-state index is 13.1. The molecular formula is C22H18Cl2N4O2S. The van der Waals surface area contributed by atoms with E-state index in [1.165, 1.54) is 18.2 Å². The summed E-state index contributed by atoms with van der Waals surface area (Å²) in [5, 5.41) is 3.57. The van der Waals surface area contributed by atoms with Crippen molar-refractivity contribution in [3.63, 3.8) is 0 Å². The summed E-state index contributed by atoms with van der Waals surface area (Å²) in [4.78, 5) is 8.95. The van der Waals surface area contributed by atoms with Crippen molar-refractivity contribution in [3.8, 4) is 0 Å². The Kier molecular flexibility index (Phi) is 6.00. The maximum absolute atomic E-state index is 13.1. The Balaban J connectivity index is 1.77. The molecule has 0 amide bonds. The minimum Gasteiger partial charge on any atom is -0.360 e. The second-order valence-electron chi connectivity index (χ2n) is 6.87. The fourth-order valence-electron chi connectivity index (χ4n) is 3.07. The van der Waals surface area contributed by atoms with Gasteiger partial charge in [-0.2, -0.15) is 0 Å². The Morgan fingerprint density at radius 2 is 1.45 bits per heavy atom. The van der Waals surface area contributed by atoms with Crippen LogP contribution in [0.15, 0.2) is 77.7 Å². The number of fused-ring (bicyclic) bond motifs is 1. The van der Waals surface area contributed by atoms with Crippen molar-refractivity contribution in [2.75, 3.05) is 10.0 Å². The molecule has 0 spiro atoms. The van der Waals surface area contributed by atoms with Crippen molar-refractivity contribution < 1.29 is 8.42 Å². The highest BCUT2D eigenvalue weighted by Gasteiger charge is 2.22. The third-order valence-electron chi connectivity index (χ3n) is 4.64. The van der Waals surface area contributed by atoms with Crippen molar-refractivity contribution in [2.45, 2.75) is 17.9 Å². The number of anilines is 2. The number of hydrogen-bond donors (Lipinski definition) is 2. The molecule has 1 atom stereocenters. The lowest BCUT2D eigenvalue weighted by atomic mass is 10.1. The van der Waals surface area contributed by atoms with Crippen LogP contribution in [0.4, 0.5) is 11.6 Å². The molecule has 0 saturated heterocycles. The molecule has 1 unspecified atom stereocenters. The van der Waals surface area contributed by atoms with E-state index in [4.69, 9.17) is 23.2 Å². The topological polar surface area (TPSA) is 84.0 Å². The van der Waals surface area contributed by atoms with Gasteiger partial charge in [0.05, 0.1) is 22.1 Å². The van der Waals surface area contributed by atoms with Crippen LogP contribution in [-0.4, -0.2) is 18.4 Å². The van der Waals surface area contributed by atoms with E-state index in [1.807, 2.05) is 55.5 Å². The second kappa shape index (κ2) is 8.70. The molecule has 1 aromatic heterocycles. The lowest BCUT2D eigenvalue weighted by Crippen LogP contribution is -2.18. The number of hydrogen-bond acceptors (Lipinski definition) is 5. The van der Waals surface area contributed by atoms with Crippen LogP contribution in [0.25, 0.3) is 11.0 Å². The second-order valence-corrected chi connectivity index (χ2v) is 9.36. The van der Waals surface area contributed by atoms with Crippen LogP contribution >= 0.6 is 23.2 Å². The molecule has 31 heavy (non-hydrogen) atoms. The van der Waals surface area contributed by atoms with Gasteiger partial charge in [0, 0.05) is 5.02 Å². The van der Waals surface area contributed by atoms with Crippen molar-refractivity contribution in [3.05, 3.63) is 88.4 Å². The average molecular weight is 473 g/mol. The summed E-state index contributed by atoms with van der Waals surface area (Å²) in [6.45, 7) is 1.96. The van der Waals surface area contributed by atoms with Gasteiger partial charge in [0.25, 0.3) is 10.0 Å². The normalized spacial score (nSPS) is 12.5. The van der Waals surface area contributed by atoms with Crippen LogP contribution in [0.2, 0.25) is 10.0 Å². The third-order valence-corrected chi connectivity index (χ3v) is 6.69. The fourth-order valence-corrected chi connectivity index (χ4v) is 4.84. The number of para-hydroxylation sites is 2. The molecule has 0 aliphatic heterocycles. The molecule has 0 aliphatic rings. The molecule has 2 N–H and O–H groups in total. The van der Waals surface area contributed by atoms with E-state index >= 15 is 0 Å². The van der Waals surface area contributed by atoms with Gasteiger partial charge in [0.2, 0.25) is 0 Å². The van der Waals surface area contributed by atoms with Gasteiger partial charge in [-0.3, -0.25) is 4.72 Å². The number of nitrogens with one attached hydrogen (secondary N) is 2. The van der Waals surface area contributed by atoms with E-state index in [-0.39, 0.29) is 26.8 Å². The minimum absolute atomic E-state index is 0.0535. The van der Waals surface area contributed by atoms with E-state index in [2.05, 4.69) is 20.0 Å². The first-order valence-corrected chi connectivity index (χ1v) is 11.6. The molecule has 158 valence electrons.